The van der Waals surface area contributed by atoms with E-state index >= 15 is 0 Å². The molecule has 0 atom stereocenters. The summed E-state index contributed by atoms with van der Waals surface area (Å²) in [4.78, 5) is 14.0. The van der Waals surface area contributed by atoms with Gasteiger partial charge in [-0.3, -0.25) is 4.79 Å². The summed E-state index contributed by atoms with van der Waals surface area (Å²) < 4.78 is 0. The van der Waals surface area contributed by atoms with Crippen LogP contribution in [0.2, 0.25) is 0 Å². The Morgan fingerprint density at radius 1 is 0.522 bits per heavy atom. The summed E-state index contributed by atoms with van der Waals surface area (Å²) in [6.45, 7) is 0. The van der Waals surface area contributed by atoms with Crippen LogP contribution in [0.3, 0.4) is 0 Å². The summed E-state index contributed by atoms with van der Waals surface area (Å²) in [5, 5.41) is 0. The summed E-state index contributed by atoms with van der Waals surface area (Å²) in [5.41, 5.74) is 0.334. The summed E-state index contributed by atoms with van der Waals surface area (Å²) in [7, 11) is 0. The van der Waals surface area contributed by atoms with Gasteiger partial charge in [0.15, 0.2) is 0 Å². The highest BCUT2D eigenvalue weighted by Gasteiger charge is 2.62. The third-order valence-corrected chi connectivity index (χ3v) is 9.04. The molecule has 8 saturated carbocycles. The Bertz CT molecular complexity index is 419. The van der Waals surface area contributed by atoms with E-state index in [-0.39, 0.29) is 17.0 Å². The minimum Gasteiger partial charge on any atom is -0.344 e. The third-order valence-electron chi connectivity index (χ3n) is 9.04. The van der Waals surface area contributed by atoms with Crippen molar-refractivity contribution < 1.29 is 4.79 Å². The van der Waals surface area contributed by atoms with Crippen LogP contribution < -0.4 is 6.15 Å². The average molecular weight is 316 g/mol. The fourth-order valence-corrected chi connectivity index (χ4v) is 9.34. The van der Waals surface area contributed by atoms with Gasteiger partial charge in [0.1, 0.15) is 5.78 Å². The van der Waals surface area contributed by atoms with Crippen LogP contribution in [0.25, 0.3) is 0 Å². The SMILES string of the molecule is N.O=C(C12CC3CC(CC(C3)C1)C2)C12CC3CC(CC(C3)C1)C2. The van der Waals surface area contributed by atoms with Crippen molar-refractivity contribution in [3.63, 3.8) is 0 Å². The van der Waals surface area contributed by atoms with Gasteiger partial charge in [0.25, 0.3) is 0 Å². The second kappa shape index (κ2) is 4.62. The molecule has 8 aliphatic rings. The van der Waals surface area contributed by atoms with E-state index in [1.807, 2.05) is 0 Å². The molecule has 0 aliphatic heterocycles. The Kier molecular flexibility index (Phi) is 3.00. The van der Waals surface area contributed by atoms with Gasteiger partial charge in [0.2, 0.25) is 0 Å². The Labute approximate surface area is 140 Å². The zero-order valence-corrected chi connectivity index (χ0v) is 14.6. The second-order valence-corrected chi connectivity index (χ2v) is 10.7. The van der Waals surface area contributed by atoms with E-state index in [4.69, 9.17) is 0 Å². The third kappa shape index (κ3) is 1.94. The van der Waals surface area contributed by atoms with Crippen molar-refractivity contribution in [2.75, 3.05) is 0 Å². The van der Waals surface area contributed by atoms with Crippen molar-refractivity contribution in [3.8, 4) is 0 Å². The molecule has 0 heterocycles. The van der Waals surface area contributed by atoms with Gasteiger partial charge in [-0.15, -0.1) is 0 Å². The molecule has 0 saturated heterocycles. The first-order chi connectivity index (χ1) is 10.6. The standard InChI is InChI=1S/C21H30O.H3N/c22-19(20-7-13-1-14(8-20)3-15(2-13)9-20)21-10-16-4-17(11-21)6-18(5-16)12-21;/h13-18H,1-12H2;1H3. The smallest absolute Gasteiger partial charge is 0.145 e. The number of Topliss-reactive ketones (excluding diaryl/α,β-unsaturated/α-hetero) is 1. The van der Waals surface area contributed by atoms with E-state index in [0.29, 0.717) is 0 Å². The van der Waals surface area contributed by atoms with Gasteiger partial charge in [0, 0.05) is 10.8 Å². The number of ketones is 1. The lowest BCUT2D eigenvalue weighted by Crippen LogP contribution is -2.58. The molecule has 0 aromatic carbocycles. The normalized spacial score (nSPS) is 58.3. The molecule has 0 aromatic rings. The van der Waals surface area contributed by atoms with Crippen molar-refractivity contribution in [2.45, 2.75) is 77.0 Å². The summed E-state index contributed by atoms with van der Waals surface area (Å²) >= 11 is 0. The van der Waals surface area contributed by atoms with Crippen molar-refractivity contribution in [1.82, 2.24) is 6.15 Å². The van der Waals surface area contributed by atoms with Gasteiger partial charge in [-0.2, -0.15) is 0 Å². The van der Waals surface area contributed by atoms with Crippen molar-refractivity contribution in [3.05, 3.63) is 0 Å². The minimum atomic E-state index is 0. The maximum absolute atomic E-state index is 14.0. The Morgan fingerprint density at radius 2 is 0.739 bits per heavy atom. The van der Waals surface area contributed by atoms with Crippen LogP contribution in [-0.2, 0) is 4.79 Å². The number of carbonyl (C=O) groups excluding carboxylic acids is 1. The Hall–Kier alpha value is -0.370. The van der Waals surface area contributed by atoms with Crippen molar-refractivity contribution in [2.24, 2.45) is 46.3 Å². The highest BCUT2D eigenvalue weighted by Crippen LogP contribution is 2.67. The maximum Gasteiger partial charge on any atom is 0.145 e. The topological polar surface area (TPSA) is 52.1 Å². The van der Waals surface area contributed by atoms with Crippen LogP contribution in [0, 0.1) is 46.3 Å². The number of rotatable bonds is 2. The van der Waals surface area contributed by atoms with E-state index in [0.717, 1.165) is 41.3 Å². The minimum absolute atomic E-state index is 0. The monoisotopic (exact) mass is 315 g/mol. The largest absolute Gasteiger partial charge is 0.344 e. The maximum atomic E-state index is 14.0. The lowest BCUT2D eigenvalue weighted by Gasteiger charge is -2.62. The highest BCUT2D eigenvalue weighted by atomic mass is 16.1. The summed E-state index contributed by atoms with van der Waals surface area (Å²) in [5.74, 6) is 6.34. The Balaban J connectivity index is 0.00000121. The number of carbonyl (C=O) groups is 1. The molecule has 128 valence electrons. The molecule has 23 heavy (non-hydrogen) atoms. The molecule has 3 N–H and O–H groups in total. The predicted molar refractivity (Wildman–Crippen MR) is 91.2 cm³/mol. The van der Waals surface area contributed by atoms with Gasteiger partial charge in [-0.25, -0.2) is 0 Å². The zero-order chi connectivity index (χ0) is 14.5. The molecule has 8 bridgehead atoms. The van der Waals surface area contributed by atoms with Crippen LogP contribution in [0.4, 0.5) is 0 Å². The van der Waals surface area contributed by atoms with Crippen LogP contribution in [0.5, 0.6) is 0 Å². The zero-order valence-electron chi connectivity index (χ0n) is 14.6. The first-order valence-electron chi connectivity index (χ1n) is 10.2. The first kappa shape index (κ1) is 14.9. The van der Waals surface area contributed by atoms with Gasteiger partial charge >= 0.3 is 0 Å². The molecule has 0 unspecified atom stereocenters. The Morgan fingerprint density at radius 3 is 0.957 bits per heavy atom. The van der Waals surface area contributed by atoms with E-state index in [1.165, 1.54) is 77.0 Å². The molecule has 0 radical (unpaired) electrons. The van der Waals surface area contributed by atoms with E-state index in [9.17, 15) is 4.79 Å². The van der Waals surface area contributed by atoms with Crippen LogP contribution in [0.1, 0.15) is 77.0 Å². The van der Waals surface area contributed by atoms with E-state index in [1.54, 1.807) is 0 Å². The van der Waals surface area contributed by atoms with Crippen molar-refractivity contribution >= 4 is 5.78 Å². The van der Waals surface area contributed by atoms with Gasteiger partial charge in [-0.1, -0.05) is 0 Å². The quantitative estimate of drug-likeness (QED) is 0.766. The fourth-order valence-electron chi connectivity index (χ4n) is 9.34. The molecule has 2 nitrogen and oxygen atoms in total. The second-order valence-electron chi connectivity index (χ2n) is 10.7. The first-order valence-corrected chi connectivity index (χ1v) is 10.2. The number of hydrogen-bond donors (Lipinski definition) is 1. The molecular formula is C21H33NO. The van der Waals surface area contributed by atoms with Crippen LogP contribution in [-0.4, -0.2) is 5.78 Å². The van der Waals surface area contributed by atoms with Crippen LogP contribution in [0.15, 0.2) is 0 Å². The molecule has 0 amide bonds. The van der Waals surface area contributed by atoms with Crippen LogP contribution >= 0.6 is 0 Å². The molecule has 0 spiro atoms. The summed E-state index contributed by atoms with van der Waals surface area (Å²) in [6, 6.07) is 0. The van der Waals surface area contributed by atoms with Gasteiger partial charge in [-0.05, 0) is 113 Å². The lowest BCUT2D eigenvalue weighted by molar-refractivity contribution is -0.168. The lowest BCUT2D eigenvalue weighted by atomic mass is 9.41. The molecular weight excluding hydrogens is 282 g/mol. The molecule has 2 heteroatoms. The van der Waals surface area contributed by atoms with Gasteiger partial charge in [0.05, 0.1) is 0 Å². The van der Waals surface area contributed by atoms with Gasteiger partial charge < -0.3 is 6.15 Å². The molecule has 0 aromatic heterocycles. The van der Waals surface area contributed by atoms with E-state index in [2.05, 4.69) is 0 Å². The summed E-state index contributed by atoms with van der Waals surface area (Å²) in [6.07, 6.45) is 16.5. The van der Waals surface area contributed by atoms with Crippen molar-refractivity contribution in [1.29, 1.82) is 0 Å². The fraction of sp³-hybridized carbons (Fsp3) is 0.952. The number of hydrogen-bond acceptors (Lipinski definition) is 2. The molecule has 8 rings (SSSR count). The van der Waals surface area contributed by atoms with E-state index < -0.39 is 0 Å². The average Bonchev–Trinajstić information content (AvgIpc) is 2.43. The molecule has 8 fully saturated rings. The highest BCUT2D eigenvalue weighted by molar-refractivity contribution is 5.91. The predicted octanol–water partition coefficient (Wildman–Crippen LogP) is 5.15. The molecule has 8 aliphatic carbocycles.